The fourth-order valence-corrected chi connectivity index (χ4v) is 5.23. The molecular weight excluding hydrogens is 529 g/mol. The van der Waals surface area contributed by atoms with Gasteiger partial charge in [-0.25, -0.2) is 14.8 Å². The number of hydroxylamine groups is 1. The molecule has 2 atom stereocenters. The molecule has 11 heteroatoms. The molecular formula is C28H27F3N4O3S. The first-order valence-electron chi connectivity index (χ1n) is 12.6. The number of halogens is 3. The van der Waals surface area contributed by atoms with Crippen LogP contribution >= 0.6 is 11.8 Å². The quantitative estimate of drug-likeness (QED) is 0.279. The van der Waals surface area contributed by atoms with Crippen molar-refractivity contribution in [3.63, 3.8) is 0 Å². The van der Waals surface area contributed by atoms with E-state index >= 15 is 0 Å². The number of amides is 1. The number of hydrogen-bond acceptors (Lipinski definition) is 7. The molecule has 3 aromatic rings. The average Bonchev–Trinajstić information content (AvgIpc) is 3.80. The molecule has 2 unspecified atom stereocenters. The first-order chi connectivity index (χ1) is 18.6. The SMILES string of the molecule is Cc1cc(C)nc(Sc2cccc(N(OC(=O)C(F)(F)F)C(=O)c3cccc(C4CC4NCC4CC4)c3)c2)n1. The zero-order valence-electron chi connectivity index (χ0n) is 21.4. The number of carbonyl (C=O) groups is 2. The van der Waals surface area contributed by atoms with E-state index in [-0.39, 0.29) is 17.2 Å². The van der Waals surface area contributed by atoms with Crippen LogP contribution in [0.2, 0.25) is 0 Å². The molecule has 0 saturated heterocycles. The summed E-state index contributed by atoms with van der Waals surface area (Å²) in [7, 11) is 0. The Morgan fingerprint density at radius 2 is 1.77 bits per heavy atom. The van der Waals surface area contributed by atoms with Gasteiger partial charge in [0.05, 0.1) is 5.69 Å². The second-order valence-electron chi connectivity index (χ2n) is 9.93. The Hall–Kier alpha value is -3.44. The number of benzene rings is 2. The van der Waals surface area contributed by atoms with Crippen molar-refractivity contribution < 1.29 is 27.6 Å². The third kappa shape index (κ3) is 6.96. The molecule has 204 valence electrons. The molecule has 0 spiro atoms. The largest absolute Gasteiger partial charge is 0.493 e. The van der Waals surface area contributed by atoms with Crippen molar-refractivity contribution in [2.75, 3.05) is 11.6 Å². The van der Waals surface area contributed by atoms with Crippen LogP contribution < -0.4 is 10.4 Å². The molecule has 2 saturated carbocycles. The smallest absolute Gasteiger partial charge is 0.324 e. The Morgan fingerprint density at radius 3 is 2.46 bits per heavy atom. The van der Waals surface area contributed by atoms with Gasteiger partial charge in [0.15, 0.2) is 5.16 Å². The normalized spacial score (nSPS) is 18.5. The van der Waals surface area contributed by atoms with Gasteiger partial charge < -0.3 is 10.2 Å². The maximum atomic E-state index is 13.5. The number of aromatic nitrogens is 2. The van der Waals surface area contributed by atoms with Crippen LogP contribution in [0.5, 0.6) is 0 Å². The number of anilines is 1. The van der Waals surface area contributed by atoms with Gasteiger partial charge in [-0.1, -0.05) is 18.2 Å². The topological polar surface area (TPSA) is 84.4 Å². The molecule has 2 fully saturated rings. The van der Waals surface area contributed by atoms with E-state index in [1.165, 1.54) is 42.8 Å². The number of rotatable bonds is 8. The minimum absolute atomic E-state index is 0.0345. The summed E-state index contributed by atoms with van der Waals surface area (Å²) in [5.74, 6) is -2.41. The Morgan fingerprint density at radius 1 is 1.05 bits per heavy atom. The second kappa shape index (κ2) is 11.0. The summed E-state index contributed by atoms with van der Waals surface area (Å²) < 4.78 is 39.4. The molecule has 39 heavy (non-hydrogen) atoms. The summed E-state index contributed by atoms with van der Waals surface area (Å²) in [5, 5.41) is 4.38. The van der Waals surface area contributed by atoms with Crippen LogP contribution in [0.4, 0.5) is 18.9 Å². The average molecular weight is 557 g/mol. The van der Waals surface area contributed by atoms with E-state index in [0.717, 1.165) is 35.8 Å². The lowest BCUT2D eigenvalue weighted by Gasteiger charge is -2.22. The Balaban J connectivity index is 1.39. The zero-order valence-corrected chi connectivity index (χ0v) is 22.2. The van der Waals surface area contributed by atoms with Crippen LogP contribution in [0.1, 0.15) is 52.5 Å². The predicted octanol–water partition coefficient (Wildman–Crippen LogP) is 5.77. The standard InChI is InChI=1S/C28H27F3N4O3S/c1-16-11-17(2)34-27(33-16)39-22-8-4-7-21(13-22)35(38-26(37)28(29,30)31)25(36)20-6-3-5-19(12-20)23-14-24(23)32-15-18-9-10-18/h3-8,11-13,18,23-24,32H,9-10,14-15H2,1-2H3. The van der Waals surface area contributed by atoms with Crippen molar-refractivity contribution in [1.82, 2.24) is 15.3 Å². The zero-order chi connectivity index (χ0) is 27.7. The van der Waals surface area contributed by atoms with Gasteiger partial charge in [0, 0.05) is 33.8 Å². The number of hydrogen-bond donors (Lipinski definition) is 1. The molecule has 0 aliphatic heterocycles. The number of nitrogens with one attached hydrogen (secondary N) is 1. The molecule has 1 N–H and O–H groups in total. The van der Waals surface area contributed by atoms with E-state index in [1.807, 2.05) is 26.0 Å². The third-order valence-electron chi connectivity index (χ3n) is 6.53. The Kier molecular flexibility index (Phi) is 7.64. The maximum absolute atomic E-state index is 13.5. The highest BCUT2D eigenvalue weighted by Crippen LogP contribution is 2.42. The van der Waals surface area contributed by atoms with Crippen LogP contribution in [0.3, 0.4) is 0 Å². The predicted molar refractivity (Wildman–Crippen MR) is 139 cm³/mol. The van der Waals surface area contributed by atoms with E-state index in [9.17, 15) is 22.8 Å². The highest BCUT2D eigenvalue weighted by atomic mass is 32.2. The van der Waals surface area contributed by atoms with Gasteiger partial charge in [0.25, 0.3) is 5.91 Å². The lowest BCUT2D eigenvalue weighted by molar-refractivity contribution is -0.199. The van der Waals surface area contributed by atoms with Crippen LogP contribution in [0, 0.1) is 19.8 Å². The summed E-state index contributed by atoms with van der Waals surface area (Å²) >= 11 is 1.18. The van der Waals surface area contributed by atoms with Crippen molar-refractivity contribution in [1.29, 1.82) is 0 Å². The Bertz CT molecular complexity index is 1380. The number of carbonyl (C=O) groups excluding carboxylic acids is 2. The second-order valence-corrected chi connectivity index (χ2v) is 11.0. The first-order valence-corrected chi connectivity index (χ1v) is 13.5. The monoisotopic (exact) mass is 556 g/mol. The minimum Gasteiger partial charge on any atom is -0.324 e. The minimum atomic E-state index is -5.28. The van der Waals surface area contributed by atoms with Crippen molar-refractivity contribution in [2.45, 2.75) is 61.3 Å². The van der Waals surface area contributed by atoms with Crippen molar-refractivity contribution >= 4 is 29.3 Å². The molecule has 1 aromatic heterocycles. The fraction of sp³-hybridized carbons (Fsp3) is 0.357. The fourth-order valence-electron chi connectivity index (χ4n) is 4.31. The van der Waals surface area contributed by atoms with Gasteiger partial charge >= 0.3 is 12.1 Å². The van der Waals surface area contributed by atoms with Gasteiger partial charge in [-0.15, -0.1) is 5.06 Å². The highest BCUT2D eigenvalue weighted by molar-refractivity contribution is 7.99. The molecule has 0 bridgehead atoms. The number of aryl methyl sites for hydroxylation is 2. The summed E-state index contributed by atoms with van der Waals surface area (Å²) in [6.45, 7) is 4.63. The lowest BCUT2D eigenvalue weighted by Crippen LogP contribution is -2.38. The van der Waals surface area contributed by atoms with Crippen LogP contribution in [-0.2, 0) is 9.63 Å². The van der Waals surface area contributed by atoms with E-state index < -0.39 is 18.1 Å². The highest BCUT2D eigenvalue weighted by Gasteiger charge is 2.44. The molecule has 2 aliphatic rings. The van der Waals surface area contributed by atoms with E-state index in [1.54, 1.807) is 24.3 Å². The van der Waals surface area contributed by atoms with Gasteiger partial charge in [0.2, 0.25) is 0 Å². The number of alkyl halides is 3. The maximum Gasteiger partial charge on any atom is 0.493 e. The molecule has 1 heterocycles. The van der Waals surface area contributed by atoms with Gasteiger partial charge in [-0.2, -0.15) is 13.2 Å². The van der Waals surface area contributed by atoms with Crippen molar-refractivity contribution in [3.8, 4) is 0 Å². The molecule has 2 aromatic carbocycles. The molecule has 5 rings (SSSR count). The van der Waals surface area contributed by atoms with E-state index in [2.05, 4.69) is 20.1 Å². The van der Waals surface area contributed by atoms with Gasteiger partial charge in [-0.05, 0) is 99.3 Å². The van der Waals surface area contributed by atoms with Crippen molar-refractivity contribution in [2.24, 2.45) is 5.92 Å². The third-order valence-corrected chi connectivity index (χ3v) is 7.39. The summed E-state index contributed by atoms with van der Waals surface area (Å²) in [6, 6.07) is 15.0. The van der Waals surface area contributed by atoms with Gasteiger partial charge in [-0.3, -0.25) is 4.79 Å². The summed E-state index contributed by atoms with van der Waals surface area (Å²) in [4.78, 5) is 39.2. The number of nitrogens with zero attached hydrogens (tertiary/aromatic N) is 3. The molecule has 7 nitrogen and oxygen atoms in total. The van der Waals surface area contributed by atoms with E-state index in [0.29, 0.717) is 21.2 Å². The van der Waals surface area contributed by atoms with E-state index in [4.69, 9.17) is 0 Å². The lowest BCUT2D eigenvalue weighted by atomic mass is 10.1. The van der Waals surface area contributed by atoms with Crippen LogP contribution in [0.15, 0.2) is 64.6 Å². The summed E-state index contributed by atoms with van der Waals surface area (Å²) in [5.41, 5.74) is 2.52. The Labute approximate surface area is 228 Å². The van der Waals surface area contributed by atoms with Crippen LogP contribution in [-0.4, -0.2) is 40.6 Å². The molecule has 1 amide bonds. The van der Waals surface area contributed by atoms with Crippen molar-refractivity contribution in [3.05, 3.63) is 77.1 Å². The molecule has 2 aliphatic carbocycles. The molecule has 0 radical (unpaired) electrons. The van der Waals surface area contributed by atoms with Gasteiger partial charge in [0.1, 0.15) is 0 Å². The van der Waals surface area contributed by atoms with Crippen LogP contribution in [0.25, 0.3) is 0 Å². The summed E-state index contributed by atoms with van der Waals surface area (Å²) in [6.07, 6.45) is -1.86. The first kappa shape index (κ1) is 27.1.